The maximum Gasteiger partial charge on any atom is 0.350 e. The van der Waals surface area contributed by atoms with E-state index in [1.54, 1.807) is 0 Å². The van der Waals surface area contributed by atoms with Gasteiger partial charge in [0.15, 0.2) is 0 Å². The highest BCUT2D eigenvalue weighted by atomic mass is 127. The summed E-state index contributed by atoms with van der Waals surface area (Å²) in [6, 6.07) is 0. The summed E-state index contributed by atoms with van der Waals surface area (Å²) in [4.78, 5) is 0. The second-order valence-electron chi connectivity index (χ2n) is 1.57. The van der Waals surface area contributed by atoms with Gasteiger partial charge in [0.05, 0.1) is 0 Å². The Kier molecular flexibility index (Phi) is 3.69. The Morgan fingerprint density at radius 3 is 1.00 bits per heavy atom. The van der Waals surface area contributed by atoms with Crippen LogP contribution in [0.5, 0.6) is 0 Å². The molecule has 0 atom stereocenters. The zero-order valence-electron chi connectivity index (χ0n) is 4.52. The molecule has 0 aromatic rings. The number of rotatable bonds is 2. The first kappa shape index (κ1) is 12.4. The van der Waals surface area contributed by atoms with Gasteiger partial charge in [-0.05, 0) is 0 Å². The van der Waals surface area contributed by atoms with E-state index in [9.17, 15) is 22.0 Å². The Morgan fingerprint density at radius 2 is 1.00 bits per heavy atom. The molecule has 0 heterocycles. The fraction of sp³-hybridized carbons (Fsp3) is 1.00. The van der Waals surface area contributed by atoms with Gasteiger partial charge in [0.1, 0.15) is 0 Å². The molecule has 8 heteroatoms. The predicted octanol–water partition coefficient (Wildman–Crippen LogP) is 3.95. The molecule has 0 amide bonds. The molecule has 0 unspecified atom stereocenters. The quantitative estimate of drug-likeness (QED) is 0.361. The average molecular weight is 420 g/mol. The van der Waals surface area contributed by atoms with Gasteiger partial charge in [-0.2, -0.15) is 17.6 Å². The zero-order valence-corrected chi connectivity index (χ0v) is 9.59. The van der Waals surface area contributed by atoms with Crippen LogP contribution in [0.15, 0.2) is 0 Å². The van der Waals surface area contributed by atoms with Crippen molar-refractivity contribution >= 4 is 56.8 Å². The molecule has 0 fully saturated rings. The van der Waals surface area contributed by atoms with Crippen molar-refractivity contribution in [1.29, 1.82) is 0 Å². The molecule has 0 aromatic carbocycles. The van der Waals surface area contributed by atoms with Crippen LogP contribution in [0.25, 0.3) is 0 Å². The summed E-state index contributed by atoms with van der Waals surface area (Å²) >= 11 is 4.75. The summed E-state index contributed by atoms with van der Waals surface area (Å²) in [5.74, 6) is 0. The summed E-state index contributed by atoms with van der Waals surface area (Å²) < 4.78 is 51.7. The van der Waals surface area contributed by atoms with E-state index in [4.69, 9.17) is 0 Å². The first-order chi connectivity index (χ1) is 4.50. The molecule has 0 bridgehead atoms. The molecule has 0 radical (unpaired) electrons. The molecular weight excluding hydrogens is 420 g/mol. The Balaban J connectivity index is 4.75. The third kappa shape index (κ3) is 2.68. The summed E-state index contributed by atoms with van der Waals surface area (Å²) in [5.41, 5.74) is 0. The molecule has 0 spiro atoms. The minimum absolute atomic E-state index is 0.220. The Labute approximate surface area is 91.1 Å². The van der Waals surface area contributed by atoms with Crippen LogP contribution in [0.2, 0.25) is 0 Å². The van der Waals surface area contributed by atoms with Crippen LogP contribution >= 0.6 is 56.8 Å². The highest BCUT2D eigenvalue weighted by Crippen LogP contribution is 2.53. The van der Waals surface area contributed by atoms with Crippen LogP contribution in [0.4, 0.5) is 22.0 Å². The van der Waals surface area contributed by atoms with Crippen molar-refractivity contribution in [3.63, 3.8) is 0 Å². The Bertz CT molecular complexity index is 131. The topological polar surface area (TPSA) is 0 Å². The van der Waals surface area contributed by atoms with Crippen molar-refractivity contribution in [2.24, 2.45) is 0 Å². The van der Waals surface area contributed by atoms with Gasteiger partial charge in [0.2, 0.25) is 0 Å². The van der Waals surface area contributed by atoms with Crippen LogP contribution in [0, 0.1) is 0 Å². The smallest absolute Gasteiger partial charge is 0.211 e. The summed E-state index contributed by atoms with van der Waals surface area (Å²) in [6.45, 7) is 0. The third-order valence-electron chi connectivity index (χ3n) is 0.712. The summed E-state index contributed by atoms with van der Waals surface area (Å²) in [6.07, 6.45) is 0. The lowest BCUT2D eigenvalue weighted by Gasteiger charge is -2.26. The number of hydrogen-bond acceptors (Lipinski definition) is 0. The second kappa shape index (κ2) is 3.28. The van der Waals surface area contributed by atoms with Crippen LogP contribution < -0.4 is 0 Å². The van der Waals surface area contributed by atoms with Crippen molar-refractivity contribution in [2.45, 2.75) is 13.0 Å². The average Bonchev–Trinajstić information content (AvgIpc) is 1.58. The van der Waals surface area contributed by atoms with Crippen molar-refractivity contribution in [2.75, 3.05) is 0 Å². The summed E-state index contributed by atoms with van der Waals surface area (Å²) in [7, 11) is 0. The van der Waals surface area contributed by atoms with E-state index in [1.165, 1.54) is 0 Å². The molecule has 0 saturated heterocycles. The molecule has 11 heavy (non-hydrogen) atoms. The lowest BCUT2D eigenvalue weighted by atomic mass is 10.4. The van der Waals surface area contributed by atoms with Gasteiger partial charge >= 0.3 is 13.0 Å². The minimum atomic E-state index is -4.35. The number of hydrogen-bond donors (Lipinski definition) is 0. The van der Waals surface area contributed by atoms with Gasteiger partial charge in [-0.3, -0.25) is 0 Å². The molecule has 0 aliphatic carbocycles. The predicted molar refractivity (Wildman–Crippen MR) is 47.6 cm³/mol. The highest BCUT2D eigenvalue weighted by Gasteiger charge is 2.67. The van der Waals surface area contributed by atoms with Gasteiger partial charge in [0, 0.05) is 45.2 Å². The standard InChI is InChI=1S/C3ClF5I2/c4-1(5,2(6,7)10)3(8,9)11. The monoisotopic (exact) mass is 420 g/mol. The van der Waals surface area contributed by atoms with Crippen molar-refractivity contribution in [3.8, 4) is 0 Å². The van der Waals surface area contributed by atoms with Crippen LogP contribution in [-0.4, -0.2) is 13.0 Å². The van der Waals surface area contributed by atoms with E-state index in [0.29, 0.717) is 0 Å². The molecule has 0 aromatic heterocycles. The highest BCUT2D eigenvalue weighted by molar-refractivity contribution is 14.1. The van der Waals surface area contributed by atoms with E-state index < -0.39 is 13.0 Å². The minimum Gasteiger partial charge on any atom is -0.211 e. The molecule has 0 rings (SSSR count). The van der Waals surface area contributed by atoms with Crippen LogP contribution in [-0.2, 0) is 0 Å². The summed E-state index contributed by atoms with van der Waals surface area (Å²) in [5, 5.41) is -4.35. The molecule has 68 valence electrons. The van der Waals surface area contributed by atoms with Crippen molar-refractivity contribution in [3.05, 3.63) is 0 Å². The SMILES string of the molecule is FC(F)(I)C(F)(Cl)C(F)(F)I. The van der Waals surface area contributed by atoms with Crippen LogP contribution in [0.3, 0.4) is 0 Å². The molecule has 0 N–H and O–H groups in total. The lowest BCUT2D eigenvalue weighted by Crippen LogP contribution is -2.46. The van der Waals surface area contributed by atoms with Gasteiger partial charge < -0.3 is 0 Å². The largest absolute Gasteiger partial charge is 0.350 e. The van der Waals surface area contributed by atoms with E-state index >= 15 is 0 Å². The zero-order chi connectivity index (χ0) is 9.50. The molecule has 0 nitrogen and oxygen atoms in total. The van der Waals surface area contributed by atoms with E-state index in [-0.39, 0.29) is 45.2 Å². The molecule has 0 aliphatic heterocycles. The van der Waals surface area contributed by atoms with Crippen molar-refractivity contribution in [1.82, 2.24) is 0 Å². The Morgan fingerprint density at radius 1 is 0.818 bits per heavy atom. The fourth-order valence-electron chi connectivity index (χ4n) is 0.161. The number of alkyl halides is 8. The molecule has 0 saturated carbocycles. The van der Waals surface area contributed by atoms with E-state index in [0.717, 1.165) is 0 Å². The van der Waals surface area contributed by atoms with Gasteiger partial charge in [0.25, 0.3) is 0 Å². The third-order valence-corrected chi connectivity index (χ3v) is 3.31. The van der Waals surface area contributed by atoms with E-state index in [2.05, 4.69) is 11.6 Å². The Hall–Kier alpha value is 1.40. The molecule has 0 aliphatic rings. The fourth-order valence-corrected chi connectivity index (χ4v) is 1.35. The van der Waals surface area contributed by atoms with Gasteiger partial charge in [-0.25, -0.2) is 4.39 Å². The first-order valence-electron chi connectivity index (χ1n) is 2.01. The maximum atomic E-state index is 12.4. The normalized spacial score (nSPS) is 15.3. The molecular formula is C3ClF5I2. The second-order valence-corrected chi connectivity index (χ2v) is 4.80. The van der Waals surface area contributed by atoms with Gasteiger partial charge in [-0.1, -0.05) is 11.6 Å². The van der Waals surface area contributed by atoms with E-state index in [1.807, 2.05) is 0 Å². The van der Waals surface area contributed by atoms with Gasteiger partial charge in [-0.15, -0.1) is 0 Å². The first-order valence-corrected chi connectivity index (χ1v) is 4.55. The lowest BCUT2D eigenvalue weighted by molar-refractivity contribution is -0.0943. The van der Waals surface area contributed by atoms with Crippen LogP contribution in [0.1, 0.15) is 0 Å². The maximum absolute atomic E-state index is 12.4. The number of halogens is 8. The van der Waals surface area contributed by atoms with Crippen molar-refractivity contribution < 1.29 is 22.0 Å².